The molecule has 1 atom stereocenters. The number of rotatable bonds is 6. The van der Waals surface area contributed by atoms with Crippen LogP contribution in [0.4, 0.5) is 0 Å². The van der Waals surface area contributed by atoms with Crippen LogP contribution >= 0.6 is 0 Å². The van der Waals surface area contributed by atoms with Crippen LogP contribution < -0.4 is 0 Å². The molecule has 1 rings (SSSR count). The highest BCUT2D eigenvalue weighted by Gasteiger charge is 2.25. The lowest BCUT2D eigenvalue weighted by Crippen LogP contribution is -2.21. The molecule has 1 N–H and O–H groups in total. The van der Waals surface area contributed by atoms with Crippen molar-refractivity contribution in [2.75, 3.05) is 0 Å². The number of carbonyl (C=O) groups excluding carboxylic acids is 1. The van der Waals surface area contributed by atoms with E-state index in [1.54, 1.807) is 12.1 Å². The standard InChI is InChI=1S/C13H16O3/c1-2-3-9-11(12(14)13(15)16)10-7-5-4-6-8-10/h4-8,11H,2-3,9H2,1H3,(H,15,16). The molecule has 0 bridgehead atoms. The van der Waals surface area contributed by atoms with Gasteiger partial charge < -0.3 is 5.11 Å². The van der Waals surface area contributed by atoms with Crippen molar-refractivity contribution in [3.05, 3.63) is 35.9 Å². The Morgan fingerprint density at radius 1 is 1.25 bits per heavy atom. The second-order valence-electron chi connectivity index (χ2n) is 3.77. The second-order valence-corrected chi connectivity index (χ2v) is 3.77. The fraction of sp³-hybridized carbons (Fsp3) is 0.385. The lowest BCUT2D eigenvalue weighted by atomic mass is 9.90. The Morgan fingerprint density at radius 2 is 1.88 bits per heavy atom. The highest BCUT2D eigenvalue weighted by atomic mass is 16.4. The molecule has 0 aromatic heterocycles. The Labute approximate surface area is 95.1 Å². The van der Waals surface area contributed by atoms with Crippen LogP contribution in [-0.2, 0) is 9.59 Å². The number of carboxylic acids is 1. The van der Waals surface area contributed by atoms with Gasteiger partial charge in [-0.2, -0.15) is 0 Å². The zero-order valence-electron chi connectivity index (χ0n) is 9.35. The first-order valence-electron chi connectivity index (χ1n) is 5.49. The predicted octanol–water partition coefficient (Wildman–Crippen LogP) is 2.61. The summed E-state index contributed by atoms with van der Waals surface area (Å²) >= 11 is 0. The van der Waals surface area contributed by atoms with Crippen LogP contribution in [0.3, 0.4) is 0 Å². The number of unbranched alkanes of at least 4 members (excludes halogenated alkanes) is 1. The molecule has 0 fully saturated rings. The number of benzene rings is 1. The van der Waals surface area contributed by atoms with Crippen molar-refractivity contribution in [1.29, 1.82) is 0 Å². The Bertz CT molecular complexity index is 357. The van der Waals surface area contributed by atoms with E-state index in [1.165, 1.54) is 0 Å². The summed E-state index contributed by atoms with van der Waals surface area (Å²) in [6, 6.07) is 9.11. The van der Waals surface area contributed by atoms with Crippen LogP contribution in [0.15, 0.2) is 30.3 Å². The SMILES string of the molecule is CCCCC(C(=O)C(=O)O)c1ccccc1. The van der Waals surface area contributed by atoms with Gasteiger partial charge in [-0.3, -0.25) is 4.79 Å². The molecule has 1 unspecified atom stereocenters. The molecule has 0 heterocycles. The van der Waals surface area contributed by atoms with E-state index in [2.05, 4.69) is 0 Å². The van der Waals surface area contributed by atoms with E-state index in [0.717, 1.165) is 18.4 Å². The van der Waals surface area contributed by atoms with Gasteiger partial charge in [-0.1, -0.05) is 50.1 Å². The van der Waals surface area contributed by atoms with Gasteiger partial charge in [0.15, 0.2) is 0 Å². The third-order valence-corrected chi connectivity index (χ3v) is 2.58. The molecule has 16 heavy (non-hydrogen) atoms. The molecule has 86 valence electrons. The topological polar surface area (TPSA) is 54.4 Å². The van der Waals surface area contributed by atoms with E-state index >= 15 is 0 Å². The summed E-state index contributed by atoms with van der Waals surface area (Å²) in [5, 5.41) is 8.76. The smallest absolute Gasteiger partial charge is 0.372 e. The zero-order chi connectivity index (χ0) is 12.0. The van der Waals surface area contributed by atoms with Crippen molar-refractivity contribution in [3.8, 4) is 0 Å². The second kappa shape index (κ2) is 6.05. The molecule has 0 aliphatic rings. The van der Waals surface area contributed by atoms with E-state index in [4.69, 9.17) is 5.11 Å². The van der Waals surface area contributed by atoms with E-state index in [0.29, 0.717) is 6.42 Å². The summed E-state index contributed by atoms with van der Waals surface area (Å²) in [5.74, 6) is -2.55. The minimum atomic E-state index is -1.34. The Hall–Kier alpha value is -1.64. The summed E-state index contributed by atoms with van der Waals surface area (Å²) in [7, 11) is 0. The Kier molecular flexibility index (Phi) is 4.70. The third kappa shape index (κ3) is 3.19. The molecule has 0 aliphatic heterocycles. The average molecular weight is 220 g/mol. The highest BCUT2D eigenvalue weighted by Crippen LogP contribution is 2.23. The lowest BCUT2D eigenvalue weighted by molar-refractivity contribution is -0.149. The summed E-state index contributed by atoms with van der Waals surface area (Å²) < 4.78 is 0. The van der Waals surface area contributed by atoms with E-state index in [-0.39, 0.29) is 0 Å². The fourth-order valence-corrected chi connectivity index (χ4v) is 1.69. The monoisotopic (exact) mass is 220 g/mol. The molecule has 0 amide bonds. The van der Waals surface area contributed by atoms with E-state index in [1.807, 2.05) is 25.1 Å². The minimum Gasteiger partial charge on any atom is -0.475 e. The van der Waals surface area contributed by atoms with Gasteiger partial charge in [0.05, 0.1) is 5.92 Å². The molecule has 1 aromatic carbocycles. The maximum Gasteiger partial charge on any atom is 0.372 e. The van der Waals surface area contributed by atoms with Crippen LogP contribution in [0.5, 0.6) is 0 Å². The lowest BCUT2D eigenvalue weighted by Gasteiger charge is -2.13. The number of Topliss-reactive ketones (excluding diaryl/α,β-unsaturated/α-hetero) is 1. The maximum atomic E-state index is 11.5. The highest BCUT2D eigenvalue weighted by molar-refractivity contribution is 6.34. The molecule has 0 aliphatic carbocycles. The molecule has 3 heteroatoms. The Balaban J connectivity index is 2.87. The van der Waals surface area contributed by atoms with Crippen molar-refractivity contribution in [2.45, 2.75) is 32.1 Å². The largest absolute Gasteiger partial charge is 0.475 e. The number of carbonyl (C=O) groups is 2. The van der Waals surface area contributed by atoms with Crippen LogP contribution in [0.1, 0.15) is 37.7 Å². The number of carboxylic acid groups (broad SMARTS) is 1. The van der Waals surface area contributed by atoms with Gasteiger partial charge in [0.2, 0.25) is 5.78 Å². The first-order valence-corrected chi connectivity index (χ1v) is 5.49. The van der Waals surface area contributed by atoms with Crippen LogP contribution in [-0.4, -0.2) is 16.9 Å². The van der Waals surface area contributed by atoms with Gasteiger partial charge >= 0.3 is 5.97 Å². The van der Waals surface area contributed by atoms with E-state index < -0.39 is 17.7 Å². The molecule has 0 radical (unpaired) electrons. The summed E-state index contributed by atoms with van der Waals surface area (Å²) in [4.78, 5) is 22.3. The molecular weight excluding hydrogens is 204 g/mol. The molecular formula is C13H16O3. The first-order chi connectivity index (χ1) is 7.66. The molecule has 3 nitrogen and oxygen atoms in total. The molecule has 0 saturated heterocycles. The van der Waals surface area contributed by atoms with Crippen molar-refractivity contribution >= 4 is 11.8 Å². The maximum absolute atomic E-state index is 11.5. The van der Waals surface area contributed by atoms with Gasteiger partial charge in [-0.15, -0.1) is 0 Å². The third-order valence-electron chi connectivity index (χ3n) is 2.58. The van der Waals surface area contributed by atoms with Gasteiger partial charge in [-0.25, -0.2) is 4.79 Å². The summed E-state index contributed by atoms with van der Waals surface area (Å²) in [5.41, 5.74) is 0.795. The normalized spacial score (nSPS) is 12.1. The molecule has 0 saturated carbocycles. The van der Waals surface area contributed by atoms with Gasteiger partial charge in [0, 0.05) is 0 Å². The predicted molar refractivity (Wildman–Crippen MR) is 61.4 cm³/mol. The van der Waals surface area contributed by atoms with Gasteiger partial charge in [-0.05, 0) is 12.0 Å². The summed E-state index contributed by atoms with van der Waals surface area (Å²) in [6.45, 7) is 2.02. The minimum absolute atomic E-state index is 0.501. The van der Waals surface area contributed by atoms with Crippen LogP contribution in [0, 0.1) is 0 Å². The average Bonchev–Trinajstić information content (AvgIpc) is 2.30. The molecule has 0 spiro atoms. The summed E-state index contributed by atoms with van der Waals surface area (Å²) in [6.07, 6.45) is 2.42. The van der Waals surface area contributed by atoms with Crippen molar-refractivity contribution in [3.63, 3.8) is 0 Å². The number of hydrogen-bond donors (Lipinski definition) is 1. The van der Waals surface area contributed by atoms with E-state index in [9.17, 15) is 9.59 Å². The van der Waals surface area contributed by atoms with Crippen molar-refractivity contribution < 1.29 is 14.7 Å². The zero-order valence-corrected chi connectivity index (χ0v) is 9.35. The van der Waals surface area contributed by atoms with Gasteiger partial charge in [0.1, 0.15) is 0 Å². The van der Waals surface area contributed by atoms with Crippen LogP contribution in [0.25, 0.3) is 0 Å². The van der Waals surface area contributed by atoms with Crippen molar-refractivity contribution in [2.24, 2.45) is 0 Å². The Morgan fingerprint density at radius 3 is 2.38 bits per heavy atom. The molecule has 1 aromatic rings. The number of hydrogen-bond acceptors (Lipinski definition) is 2. The quantitative estimate of drug-likeness (QED) is 0.750. The first kappa shape index (κ1) is 12.4. The van der Waals surface area contributed by atoms with Crippen molar-refractivity contribution in [1.82, 2.24) is 0 Å². The van der Waals surface area contributed by atoms with Crippen LogP contribution in [0.2, 0.25) is 0 Å². The number of ketones is 1. The fourth-order valence-electron chi connectivity index (χ4n) is 1.69. The van der Waals surface area contributed by atoms with Gasteiger partial charge in [0.25, 0.3) is 0 Å². The number of aliphatic carboxylic acids is 1.